The molecule has 0 saturated carbocycles. The molecule has 1 saturated heterocycles. The average molecular weight is 421 g/mol. The lowest BCUT2D eigenvalue weighted by molar-refractivity contribution is -0.138. The first-order chi connectivity index (χ1) is 15.0. The number of nitrogens with one attached hydrogen (secondary N) is 2. The Kier molecular flexibility index (Phi) is 6.32. The molecule has 2 aliphatic rings. The minimum absolute atomic E-state index is 0.123. The highest BCUT2D eigenvalue weighted by molar-refractivity contribution is 6.05. The molecule has 3 N–H and O–H groups in total. The third-order valence-electron chi connectivity index (χ3n) is 6.01. The van der Waals surface area contributed by atoms with E-state index in [0.717, 1.165) is 24.0 Å². The standard InChI is InChI=1S/C24H27N3O4/c25-23(27-9-11-31-12-10-27)18-5-7-21(8-6-18)26-24(30)19-4-3-17-2-1-16(14-22(28)29)13-20(17)15-19/h3-8,15-16,25H,1-2,9-14H2,(H,26,30)(H,28,29). The molecule has 1 heterocycles. The van der Waals surface area contributed by atoms with Crippen LogP contribution < -0.4 is 5.32 Å². The summed E-state index contributed by atoms with van der Waals surface area (Å²) in [6, 6.07) is 13.0. The van der Waals surface area contributed by atoms with Gasteiger partial charge in [0.25, 0.3) is 5.91 Å². The number of carboxylic acids is 1. The number of carbonyl (C=O) groups excluding carboxylic acids is 1. The number of benzene rings is 2. The van der Waals surface area contributed by atoms with E-state index in [-0.39, 0.29) is 18.2 Å². The zero-order valence-electron chi connectivity index (χ0n) is 17.4. The minimum Gasteiger partial charge on any atom is -0.481 e. The summed E-state index contributed by atoms with van der Waals surface area (Å²) >= 11 is 0. The number of carbonyl (C=O) groups is 2. The molecule has 0 aromatic heterocycles. The van der Waals surface area contributed by atoms with Crippen LogP contribution >= 0.6 is 0 Å². The van der Waals surface area contributed by atoms with Crippen LogP contribution in [0, 0.1) is 11.3 Å². The van der Waals surface area contributed by atoms with Crippen molar-refractivity contribution in [2.24, 2.45) is 5.92 Å². The van der Waals surface area contributed by atoms with Crippen LogP contribution in [0.5, 0.6) is 0 Å². The van der Waals surface area contributed by atoms with Gasteiger partial charge in [-0.25, -0.2) is 0 Å². The summed E-state index contributed by atoms with van der Waals surface area (Å²) in [6.45, 7) is 2.69. The Bertz CT molecular complexity index is 981. The zero-order chi connectivity index (χ0) is 21.8. The number of aryl methyl sites for hydroxylation is 1. The second-order valence-electron chi connectivity index (χ2n) is 8.17. The topological polar surface area (TPSA) is 103 Å². The highest BCUT2D eigenvalue weighted by Gasteiger charge is 2.22. The Morgan fingerprint density at radius 2 is 1.77 bits per heavy atom. The Balaban J connectivity index is 1.40. The van der Waals surface area contributed by atoms with Crippen molar-refractivity contribution in [3.63, 3.8) is 0 Å². The van der Waals surface area contributed by atoms with Crippen LogP contribution in [-0.2, 0) is 22.4 Å². The lowest BCUT2D eigenvalue weighted by atomic mass is 9.81. The third-order valence-corrected chi connectivity index (χ3v) is 6.01. The molecule has 0 radical (unpaired) electrons. The van der Waals surface area contributed by atoms with E-state index in [1.165, 1.54) is 5.56 Å². The van der Waals surface area contributed by atoms with Crippen LogP contribution in [0.1, 0.15) is 39.9 Å². The van der Waals surface area contributed by atoms with E-state index in [1.54, 1.807) is 0 Å². The van der Waals surface area contributed by atoms with Gasteiger partial charge in [0.1, 0.15) is 5.84 Å². The molecule has 162 valence electrons. The molecule has 1 fully saturated rings. The maximum atomic E-state index is 12.8. The number of carboxylic acid groups (broad SMARTS) is 1. The van der Waals surface area contributed by atoms with Crippen molar-refractivity contribution in [1.82, 2.24) is 4.90 Å². The van der Waals surface area contributed by atoms with Gasteiger partial charge in [-0.3, -0.25) is 15.0 Å². The first-order valence-electron chi connectivity index (χ1n) is 10.7. The molecule has 1 amide bonds. The lowest BCUT2D eigenvalue weighted by Gasteiger charge is -2.29. The van der Waals surface area contributed by atoms with Crippen LogP contribution in [-0.4, -0.2) is 54.0 Å². The number of amidine groups is 1. The molecule has 4 rings (SSSR count). The number of hydrogen-bond donors (Lipinski definition) is 3. The maximum absolute atomic E-state index is 12.8. The lowest BCUT2D eigenvalue weighted by Crippen LogP contribution is -2.40. The first kappa shape index (κ1) is 21.1. The second kappa shape index (κ2) is 9.31. The fraction of sp³-hybridized carbons (Fsp3) is 0.375. The smallest absolute Gasteiger partial charge is 0.303 e. The molecular weight excluding hydrogens is 394 g/mol. The molecule has 1 aliphatic heterocycles. The summed E-state index contributed by atoms with van der Waals surface area (Å²) in [6.07, 6.45) is 2.59. The van der Waals surface area contributed by atoms with Crippen molar-refractivity contribution < 1.29 is 19.4 Å². The van der Waals surface area contributed by atoms with E-state index in [1.807, 2.05) is 47.4 Å². The normalized spacial score (nSPS) is 18.2. The van der Waals surface area contributed by atoms with Crippen molar-refractivity contribution in [3.05, 3.63) is 64.7 Å². The molecule has 0 bridgehead atoms. The van der Waals surface area contributed by atoms with Crippen LogP contribution in [0.3, 0.4) is 0 Å². The van der Waals surface area contributed by atoms with Crippen molar-refractivity contribution in [2.45, 2.75) is 25.7 Å². The Labute approximate surface area is 181 Å². The highest BCUT2D eigenvalue weighted by Crippen LogP contribution is 2.28. The van der Waals surface area contributed by atoms with Crippen LogP contribution in [0.25, 0.3) is 0 Å². The third kappa shape index (κ3) is 5.11. The molecule has 0 spiro atoms. The predicted molar refractivity (Wildman–Crippen MR) is 118 cm³/mol. The maximum Gasteiger partial charge on any atom is 0.303 e. The number of aliphatic carboxylic acids is 1. The number of nitrogens with zero attached hydrogens (tertiary/aromatic N) is 1. The number of fused-ring (bicyclic) bond motifs is 1. The van der Waals surface area contributed by atoms with Gasteiger partial charge in [-0.05, 0) is 72.7 Å². The summed E-state index contributed by atoms with van der Waals surface area (Å²) < 4.78 is 5.34. The number of amides is 1. The molecule has 1 aliphatic carbocycles. The number of rotatable bonds is 5. The minimum atomic E-state index is -0.771. The molecule has 7 heteroatoms. The molecule has 1 atom stereocenters. The number of ether oxygens (including phenoxy) is 1. The molecule has 31 heavy (non-hydrogen) atoms. The van der Waals surface area contributed by atoms with E-state index in [2.05, 4.69) is 5.32 Å². The van der Waals surface area contributed by atoms with Gasteiger partial charge in [0.2, 0.25) is 0 Å². The van der Waals surface area contributed by atoms with Crippen molar-refractivity contribution in [1.29, 1.82) is 5.41 Å². The van der Waals surface area contributed by atoms with Crippen LogP contribution in [0.15, 0.2) is 42.5 Å². The molecular formula is C24H27N3O4. The van der Waals surface area contributed by atoms with Crippen molar-refractivity contribution in [2.75, 3.05) is 31.6 Å². The van der Waals surface area contributed by atoms with Gasteiger partial charge >= 0.3 is 5.97 Å². The van der Waals surface area contributed by atoms with Crippen molar-refractivity contribution in [3.8, 4) is 0 Å². The monoisotopic (exact) mass is 421 g/mol. The van der Waals surface area contributed by atoms with Gasteiger partial charge in [0.05, 0.1) is 13.2 Å². The predicted octanol–water partition coefficient (Wildman–Crippen LogP) is 3.18. The summed E-state index contributed by atoms with van der Waals surface area (Å²) in [5, 5.41) is 20.3. The Morgan fingerprint density at radius 3 is 2.48 bits per heavy atom. The summed E-state index contributed by atoms with van der Waals surface area (Å²) in [5.74, 6) is -0.379. The van der Waals surface area contributed by atoms with Crippen LogP contribution in [0.2, 0.25) is 0 Å². The van der Waals surface area contributed by atoms with Gasteiger partial charge < -0.3 is 20.1 Å². The fourth-order valence-corrected chi connectivity index (χ4v) is 4.28. The second-order valence-corrected chi connectivity index (χ2v) is 8.17. The fourth-order valence-electron chi connectivity index (χ4n) is 4.28. The van der Waals surface area contributed by atoms with E-state index in [0.29, 0.717) is 49.8 Å². The van der Waals surface area contributed by atoms with E-state index >= 15 is 0 Å². The van der Waals surface area contributed by atoms with Gasteiger partial charge in [0, 0.05) is 36.3 Å². The zero-order valence-corrected chi connectivity index (χ0v) is 17.4. The summed E-state index contributed by atoms with van der Waals surface area (Å²) in [4.78, 5) is 25.8. The van der Waals surface area contributed by atoms with Gasteiger partial charge in [0.15, 0.2) is 0 Å². The van der Waals surface area contributed by atoms with Gasteiger partial charge in [-0.15, -0.1) is 0 Å². The van der Waals surface area contributed by atoms with E-state index < -0.39 is 5.97 Å². The number of morpholine rings is 1. The Hall–Kier alpha value is -3.19. The van der Waals surface area contributed by atoms with Crippen molar-refractivity contribution >= 4 is 23.4 Å². The Morgan fingerprint density at radius 1 is 1.06 bits per heavy atom. The first-order valence-corrected chi connectivity index (χ1v) is 10.7. The quantitative estimate of drug-likeness (QED) is 0.508. The number of hydrogen-bond acceptors (Lipinski definition) is 4. The van der Waals surface area contributed by atoms with Gasteiger partial charge in [-0.1, -0.05) is 6.07 Å². The molecule has 2 aromatic carbocycles. The summed E-state index contributed by atoms with van der Waals surface area (Å²) in [5.41, 5.74) is 4.31. The SMILES string of the molecule is N=C(c1ccc(NC(=O)c2ccc3c(c2)CC(CC(=O)O)CC3)cc1)N1CCOCC1. The largest absolute Gasteiger partial charge is 0.481 e. The van der Waals surface area contributed by atoms with E-state index in [9.17, 15) is 9.59 Å². The summed E-state index contributed by atoms with van der Waals surface area (Å²) in [7, 11) is 0. The molecule has 2 aromatic rings. The van der Waals surface area contributed by atoms with Gasteiger partial charge in [-0.2, -0.15) is 0 Å². The molecule has 1 unspecified atom stereocenters. The molecule has 7 nitrogen and oxygen atoms in total. The number of anilines is 1. The van der Waals surface area contributed by atoms with E-state index in [4.69, 9.17) is 15.3 Å². The van der Waals surface area contributed by atoms with Crippen LogP contribution in [0.4, 0.5) is 5.69 Å². The highest BCUT2D eigenvalue weighted by atomic mass is 16.5. The average Bonchev–Trinajstić information content (AvgIpc) is 2.79.